The molecule has 0 aliphatic heterocycles. The molecule has 0 saturated heterocycles. The van der Waals surface area contributed by atoms with E-state index in [-0.39, 0.29) is 6.54 Å². The topological polar surface area (TPSA) is 75.1 Å². The van der Waals surface area contributed by atoms with Gasteiger partial charge >= 0.3 is 6.18 Å². The molecule has 0 bridgehead atoms. The molecule has 1 aromatic carbocycles. The van der Waals surface area contributed by atoms with Crippen molar-refractivity contribution < 1.29 is 23.1 Å². The number of hydrogen-bond acceptors (Lipinski definition) is 4. The van der Waals surface area contributed by atoms with Gasteiger partial charge in [0.25, 0.3) is 5.91 Å². The highest BCUT2D eigenvalue weighted by atomic mass is 19.4. The van der Waals surface area contributed by atoms with E-state index >= 15 is 0 Å². The fourth-order valence-electron chi connectivity index (χ4n) is 2.61. The standard InChI is InChI=1S/C19H16F3N3O2/c20-19(21,22)17(26)7-9-24-18(27)14-10-16(12-4-3-8-23-11-12)25-15-6-2-1-5-13(14)15/h1-6,8,10-11,17,26H,7,9H2,(H,24,27)/t17-/m1/s1. The molecule has 2 heterocycles. The summed E-state index contributed by atoms with van der Waals surface area (Å²) >= 11 is 0. The predicted octanol–water partition coefficient (Wildman–Crippen LogP) is 3.34. The van der Waals surface area contributed by atoms with Crippen molar-refractivity contribution in [3.05, 3.63) is 60.4 Å². The van der Waals surface area contributed by atoms with Gasteiger partial charge in [0.1, 0.15) is 0 Å². The van der Waals surface area contributed by atoms with E-state index in [0.29, 0.717) is 27.7 Å². The molecule has 2 aromatic heterocycles. The van der Waals surface area contributed by atoms with E-state index in [2.05, 4.69) is 15.3 Å². The van der Waals surface area contributed by atoms with Gasteiger partial charge in [-0.3, -0.25) is 9.78 Å². The summed E-state index contributed by atoms with van der Waals surface area (Å²) in [5, 5.41) is 12.1. The Bertz CT molecular complexity index is 946. The van der Waals surface area contributed by atoms with Crippen LogP contribution in [0.5, 0.6) is 0 Å². The Balaban J connectivity index is 1.87. The minimum Gasteiger partial charge on any atom is -0.384 e. The van der Waals surface area contributed by atoms with E-state index in [4.69, 9.17) is 5.11 Å². The average molecular weight is 375 g/mol. The molecule has 5 nitrogen and oxygen atoms in total. The number of nitrogens with one attached hydrogen (secondary N) is 1. The molecule has 0 fully saturated rings. The third-order valence-electron chi connectivity index (χ3n) is 4.00. The van der Waals surface area contributed by atoms with E-state index < -0.39 is 24.6 Å². The van der Waals surface area contributed by atoms with Gasteiger partial charge in [-0.15, -0.1) is 0 Å². The van der Waals surface area contributed by atoms with E-state index in [1.54, 1.807) is 54.9 Å². The van der Waals surface area contributed by atoms with Crippen LogP contribution in [0.3, 0.4) is 0 Å². The number of para-hydroxylation sites is 1. The molecular weight excluding hydrogens is 359 g/mol. The van der Waals surface area contributed by atoms with E-state index in [1.807, 2.05) is 0 Å². The Morgan fingerprint density at radius 2 is 1.96 bits per heavy atom. The van der Waals surface area contributed by atoms with Crippen molar-refractivity contribution >= 4 is 16.8 Å². The molecule has 0 spiro atoms. The molecule has 0 aliphatic carbocycles. The summed E-state index contributed by atoms with van der Waals surface area (Å²) in [7, 11) is 0. The number of aliphatic hydroxyl groups excluding tert-OH is 1. The molecule has 0 saturated carbocycles. The smallest absolute Gasteiger partial charge is 0.384 e. The zero-order chi connectivity index (χ0) is 19.4. The molecule has 0 aliphatic rings. The second kappa shape index (κ2) is 7.71. The maximum absolute atomic E-state index is 12.6. The first kappa shape index (κ1) is 18.8. The van der Waals surface area contributed by atoms with Crippen LogP contribution >= 0.6 is 0 Å². The van der Waals surface area contributed by atoms with Crippen LogP contribution in [0.1, 0.15) is 16.8 Å². The van der Waals surface area contributed by atoms with Crippen LogP contribution in [0.4, 0.5) is 13.2 Å². The SMILES string of the molecule is O=C(NCC[C@@H](O)C(F)(F)F)c1cc(-c2cccnc2)nc2ccccc12. The first-order valence-corrected chi connectivity index (χ1v) is 8.19. The number of halogens is 3. The first-order valence-electron chi connectivity index (χ1n) is 8.19. The number of pyridine rings is 2. The molecule has 2 N–H and O–H groups in total. The summed E-state index contributed by atoms with van der Waals surface area (Å²) in [6.07, 6.45) is -4.57. The molecule has 1 atom stereocenters. The summed E-state index contributed by atoms with van der Waals surface area (Å²) in [6.45, 7) is -0.307. The van der Waals surface area contributed by atoms with Crippen molar-refractivity contribution in [2.24, 2.45) is 0 Å². The van der Waals surface area contributed by atoms with Crippen LogP contribution in [0, 0.1) is 0 Å². The summed E-state index contributed by atoms with van der Waals surface area (Å²) in [6, 6.07) is 12.1. The monoisotopic (exact) mass is 375 g/mol. The minimum atomic E-state index is -4.71. The number of amides is 1. The Morgan fingerprint density at radius 3 is 2.67 bits per heavy atom. The summed E-state index contributed by atoms with van der Waals surface area (Å²) < 4.78 is 37.1. The van der Waals surface area contributed by atoms with Crippen molar-refractivity contribution in [1.82, 2.24) is 15.3 Å². The highest BCUT2D eigenvalue weighted by Gasteiger charge is 2.37. The molecule has 0 radical (unpaired) electrons. The minimum absolute atomic E-state index is 0.293. The number of fused-ring (bicyclic) bond motifs is 1. The first-order chi connectivity index (χ1) is 12.9. The Hall–Kier alpha value is -3.00. The zero-order valence-corrected chi connectivity index (χ0v) is 14.1. The van der Waals surface area contributed by atoms with E-state index in [9.17, 15) is 18.0 Å². The van der Waals surface area contributed by atoms with Crippen molar-refractivity contribution in [3.63, 3.8) is 0 Å². The van der Waals surface area contributed by atoms with Crippen LogP contribution in [0.2, 0.25) is 0 Å². The zero-order valence-electron chi connectivity index (χ0n) is 14.1. The molecular formula is C19H16F3N3O2. The quantitative estimate of drug-likeness (QED) is 0.717. The highest BCUT2D eigenvalue weighted by Crippen LogP contribution is 2.25. The number of aromatic nitrogens is 2. The maximum atomic E-state index is 12.6. The fraction of sp³-hybridized carbons (Fsp3) is 0.211. The number of hydrogen-bond donors (Lipinski definition) is 2. The van der Waals surface area contributed by atoms with Crippen molar-refractivity contribution in [3.8, 4) is 11.3 Å². The number of alkyl halides is 3. The van der Waals surface area contributed by atoms with Gasteiger partial charge in [0.15, 0.2) is 6.10 Å². The molecule has 1 amide bonds. The number of carbonyl (C=O) groups excluding carboxylic acids is 1. The van der Waals surface area contributed by atoms with Gasteiger partial charge in [-0.1, -0.05) is 18.2 Å². The van der Waals surface area contributed by atoms with Crippen LogP contribution in [-0.2, 0) is 0 Å². The van der Waals surface area contributed by atoms with Gasteiger partial charge in [0.05, 0.1) is 16.8 Å². The third kappa shape index (κ3) is 4.40. The van der Waals surface area contributed by atoms with Crippen LogP contribution in [-0.4, -0.2) is 39.8 Å². The second-order valence-corrected chi connectivity index (χ2v) is 5.92. The van der Waals surface area contributed by atoms with Crippen LogP contribution in [0.15, 0.2) is 54.9 Å². The summed E-state index contributed by atoms with van der Waals surface area (Å²) in [4.78, 5) is 21.1. The Morgan fingerprint density at radius 1 is 1.19 bits per heavy atom. The lowest BCUT2D eigenvalue weighted by Gasteiger charge is -2.15. The van der Waals surface area contributed by atoms with Crippen LogP contribution < -0.4 is 5.32 Å². The van der Waals surface area contributed by atoms with Gasteiger partial charge in [-0.05, 0) is 30.7 Å². The molecule has 3 aromatic rings. The van der Waals surface area contributed by atoms with E-state index in [0.717, 1.165) is 0 Å². The lowest BCUT2D eigenvalue weighted by Crippen LogP contribution is -2.34. The van der Waals surface area contributed by atoms with Gasteiger partial charge in [0.2, 0.25) is 0 Å². The van der Waals surface area contributed by atoms with E-state index in [1.165, 1.54) is 0 Å². The lowest BCUT2D eigenvalue weighted by molar-refractivity contribution is -0.204. The Kier molecular flexibility index (Phi) is 5.36. The lowest BCUT2D eigenvalue weighted by atomic mass is 10.0. The number of rotatable bonds is 5. The van der Waals surface area contributed by atoms with Crippen molar-refractivity contribution in [2.45, 2.75) is 18.7 Å². The summed E-state index contributed by atoms with van der Waals surface area (Å²) in [5.41, 5.74) is 2.12. The molecule has 27 heavy (non-hydrogen) atoms. The second-order valence-electron chi connectivity index (χ2n) is 5.92. The van der Waals surface area contributed by atoms with Crippen LogP contribution in [0.25, 0.3) is 22.2 Å². The number of nitrogens with zero attached hydrogens (tertiary/aromatic N) is 2. The molecule has 3 rings (SSSR count). The highest BCUT2D eigenvalue weighted by molar-refractivity contribution is 6.07. The van der Waals surface area contributed by atoms with Crippen molar-refractivity contribution in [1.29, 1.82) is 0 Å². The molecule has 140 valence electrons. The third-order valence-corrected chi connectivity index (χ3v) is 4.00. The fourth-order valence-corrected chi connectivity index (χ4v) is 2.61. The van der Waals surface area contributed by atoms with Crippen molar-refractivity contribution in [2.75, 3.05) is 6.54 Å². The number of aliphatic hydroxyl groups is 1. The largest absolute Gasteiger partial charge is 0.414 e. The molecule has 0 unspecified atom stereocenters. The normalized spacial score (nSPS) is 12.7. The Labute approximate surface area is 152 Å². The number of carbonyl (C=O) groups is 1. The summed E-state index contributed by atoms with van der Waals surface area (Å²) in [5.74, 6) is -0.534. The number of benzene rings is 1. The van der Waals surface area contributed by atoms with Gasteiger partial charge < -0.3 is 10.4 Å². The molecule has 8 heteroatoms. The van der Waals surface area contributed by atoms with Gasteiger partial charge in [-0.25, -0.2) is 4.98 Å². The predicted molar refractivity (Wildman–Crippen MR) is 94.0 cm³/mol. The van der Waals surface area contributed by atoms with Gasteiger partial charge in [-0.2, -0.15) is 13.2 Å². The maximum Gasteiger partial charge on any atom is 0.414 e. The van der Waals surface area contributed by atoms with Gasteiger partial charge in [0, 0.05) is 29.9 Å². The average Bonchev–Trinajstić information content (AvgIpc) is 2.66.